The number of piperidine rings is 1. The second-order valence-electron chi connectivity index (χ2n) is 11.2. The summed E-state index contributed by atoms with van der Waals surface area (Å²) in [6, 6.07) is 11.1. The first-order valence-corrected chi connectivity index (χ1v) is 13.9. The van der Waals surface area contributed by atoms with Crippen molar-refractivity contribution in [1.82, 2.24) is 14.9 Å². The molecule has 1 fully saturated rings. The van der Waals surface area contributed by atoms with Gasteiger partial charge in [-0.2, -0.15) is 0 Å². The van der Waals surface area contributed by atoms with Gasteiger partial charge in [0.2, 0.25) is 0 Å². The van der Waals surface area contributed by atoms with E-state index < -0.39 is 0 Å². The monoisotopic (exact) mass is 537 g/mol. The molecule has 0 amide bonds. The van der Waals surface area contributed by atoms with Crippen LogP contribution >= 0.6 is 11.6 Å². The van der Waals surface area contributed by atoms with Crippen LogP contribution in [0.1, 0.15) is 61.3 Å². The number of carbonyl (C=O) groups is 1. The van der Waals surface area contributed by atoms with Crippen molar-refractivity contribution in [3.63, 3.8) is 0 Å². The Hall–Kier alpha value is -2.74. The molecule has 0 radical (unpaired) electrons. The number of aryl methyl sites for hydroxylation is 1. The van der Waals surface area contributed by atoms with Gasteiger partial charge in [-0.25, -0.2) is 4.98 Å². The van der Waals surface area contributed by atoms with E-state index >= 15 is 0 Å². The third-order valence-electron chi connectivity index (χ3n) is 7.76. The lowest BCUT2D eigenvalue weighted by atomic mass is 9.86. The molecule has 2 aliphatic heterocycles. The number of nitrogens with zero attached hydrogens (tertiary/aromatic N) is 2. The molecule has 2 atom stereocenters. The number of hydrogen-bond donors (Lipinski definition) is 1. The zero-order valence-corrected chi connectivity index (χ0v) is 23.1. The van der Waals surface area contributed by atoms with Crippen LogP contribution in [-0.2, 0) is 17.6 Å². The van der Waals surface area contributed by atoms with Crippen molar-refractivity contribution >= 4 is 28.3 Å². The lowest BCUT2D eigenvalue weighted by molar-refractivity contribution is -0.0126. The minimum Gasteiger partial charge on any atom is -0.486 e. The van der Waals surface area contributed by atoms with Gasteiger partial charge in [-0.3, -0.25) is 9.59 Å². The molecule has 0 spiro atoms. The van der Waals surface area contributed by atoms with Gasteiger partial charge in [0.05, 0.1) is 22.6 Å². The lowest BCUT2D eigenvalue weighted by Crippen LogP contribution is -2.45. The number of fused-ring (bicyclic) bond motifs is 2. The second-order valence-corrected chi connectivity index (χ2v) is 11.7. The largest absolute Gasteiger partial charge is 0.486 e. The number of methoxy groups -OCH3 is 1. The number of Topliss-reactive ketones (excluding diaryl/α,β-unsaturated/α-hetero) is 1. The maximum atomic E-state index is 13.4. The zero-order chi connectivity index (χ0) is 26.9. The molecule has 3 aromatic rings. The summed E-state index contributed by atoms with van der Waals surface area (Å²) in [5.41, 5.74) is 1.93. The Morgan fingerprint density at radius 3 is 2.89 bits per heavy atom. The van der Waals surface area contributed by atoms with Crippen molar-refractivity contribution in [2.75, 3.05) is 26.7 Å². The average Bonchev–Trinajstić information content (AvgIpc) is 3.20. The minimum atomic E-state index is -0.331. The average molecular weight is 538 g/mol. The highest BCUT2D eigenvalue weighted by Gasteiger charge is 2.36. The number of likely N-dealkylation sites (tertiary alicyclic amines) is 1. The molecule has 1 saturated heterocycles. The zero-order valence-electron chi connectivity index (χ0n) is 22.4. The number of halogens is 1. The van der Waals surface area contributed by atoms with Crippen LogP contribution in [0.3, 0.4) is 0 Å². The molecule has 7 nitrogen and oxygen atoms in total. The highest BCUT2D eigenvalue weighted by atomic mass is 35.5. The lowest BCUT2D eigenvalue weighted by Gasteiger charge is -2.37. The Morgan fingerprint density at radius 1 is 1.26 bits per heavy atom. The number of rotatable bonds is 9. The minimum absolute atomic E-state index is 0.00389. The molecule has 1 aromatic heterocycles. The molecule has 202 valence electrons. The smallest absolute Gasteiger partial charge is 0.258 e. The number of ketones is 1. The predicted molar refractivity (Wildman–Crippen MR) is 149 cm³/mol. The predicted octanol–water partition coefficient (Wildman–Crippen LogP) is 5.22. The molecule has 0 unspecified atom stereocenters. The van der Waals surface area contributed by atoms with E-state index in [1.54, 1.807) is 19.2 Å². The van der Waals surface area contributed by atoms with Crippen molar-refractivity contribution in [2.24, 2.45) is 5.92 Å². The number of H-pyrrole nitrogens is 1. The maximum Gasteiger partial charge on any atom is 0.258 e. The summed E-state index contributed by atoms with van der Waals surface area (Å²) in [6.45, 7) is 6.74. The Balaban J connectivity index is 1.13. The summed E-state index contributed by atoms with van der Waals surface area (Å²) in [5.74, 6) is 1.65. The number of unbranched alkanes of at least 4 members (excludes halogenated alkanes) is 1. The van der Waals surface area contributed by atoms with Crippen LogP contribution in [0.5, 0.6) is 5.75 Å². The van der Waals surface area contributed by atoms with Gasteiger partial charge in [-0.05, 0) is 76.4 Å². The summed E-state index contributed by atoms with van der Waals surface area (Å²) < 4.78 is 12.0. The molecule has 8 heteroatoms. The number of benzene rings is 2. The molecule has 0 bridgehead atoms. The Bertz CT molecular complexity index is 1390. The number of nitrogens with one attached hydrogen (secondary N) is 1. The second kappa shape index (κ2) is 11.2. The van der Waals surface area contributed by atoms with E-state index in [-0.39, 0.29) is 29.0 Å². The summed E-state index contributed by atoms with van der Waals surface area (Å²) in [7, 11) is 1.73. The first-order chi connectivity index (χ1) is 18.2. The fourth-order valence-corrected chi connectivity index (χ4v) is 6.08. The number of ether oxygens (including phenoxy) is 2. The Morgan fingerprint density at radius 2 is 2.08 bits per heavy atom. The highest BCUT2D eigenvalue weighted by molar-refractivity contribution is 6.31. The van der Waals surface area contributed by atoms with E-state index in [1.165, 1.54) is 0 Å². The van der Waals surface area contributed by atoms with Crippen molar-refractivity contribution in [3.05, 3.63) is 68.7 Å². The van der Waals surface area contributed by atoms with E-state index in [9.17, 15) is 9.59 Å². The van der Waals surface area contributed by atoms with E-state index in [2.05, 4.69) is 14.9 Å². The number of carbonyl (C=O) groups excluding carboxylic acids is 1. The molecule has 38 heavy (non-hydrogen) atoms. The molecule has 2 aromatic carbocycles. The van der Waals surface area contributed by atoms with Crippen LogP contribution in [0.2, 0.25) is 5.02 Å². The first kappa shape index (κ1) is 26.9. The molecule has 0 aliphatic carbocycles. The molecular weight excluding hydrogens is 502 g/mol. The standard InChI is InChI=1S/C30H36ClN3O4/c1-30(2)17-20-14-21(31)16-23(28(20)38-30)25(35)15-19-11-13-34(18-26(19)37-3)12-7-6-10-27-32-24-9-5-4-8-22(24)29(36)33-27/h4-5,8-9,14,16,19,26H,6-7,10-13,15,17-18H2,1-3H3,(H,32,33,36)/t19-,26-/m1/s1. The van der Waals surface area contributed by atoms with Gasteiger partial charge in [0.1, 0.15) is 17.2 Å². The Labute approximate surface area is 228 Å². The highest BCUT2D eigenvalue weighted by Crippen LogP contribution is 2.40. The van der Waals surface area contributed by atoms with E-state index in [1.807, 2.05) is 38.1 Å². The van der Waals surface area contributed by atoms with Gasteiger partial charge in [0.15, 0.2) is 5.78 Å². The topological polar surface area (TPSA) is 84.5 Å². The molecule has 2 aliphatic rings. The van der Waals surface area contributed by atoms with Gasteiger partial charge in [0, 0.05) is 43.5 Å². The third kappa shape index (κ3) is 5.95. The molecule has 3 heterocycles. The quantitative estimate of drug-likeness (QED) is 0.297. The van der Waals surface area contributed by atoms with Crippen LogP contribution in [0.25, 0.3) is 10.9 Å². The van der Waals surface area contributed by atoms with Crippen molar-refractivity contribution in [3.8, 4) is 5.75 Å². The molecule has 1 N–H and O–H groups in total. The van der Waals surface area contributed by atoms with E-state index in [4.69, 9.17) is 21.1 Å². The number of hydrogen-bond acceptors (Lipinski definition) is 6. The molecular formula is C30H36ClN3O4. The molecule has 5 rings (SSSR count). The van der Waals surface area contributed by atoms with Crippen LogP contribution in [0, 0.1) is 5.92 Å². The van der Waals surface area contributed by atoms with Crippen LogP contribution in [0.4, 0.5) is 0 Å². The first-order valence-electron chi connectivity index (χ1n) is 13.5. The van der Waals surface area contributed by atoms with Gasteiger partial charge in [-0.15, -0.1) is 0 Å². The molecule has 0 saturated carbocycles. The third-order valence-corrected chi connectivity index (χ3v) is 7.97. The van der Waals surface area contributed by atoms with Gasteiger partial charge in [0.25, 0.3) is 5.56 Å². The summed E-state index contributed by atoms with van der Waals surface area (Å²) in [5, 5.41) is 1.20. The van der Waals surface area contributed by atoms with Gasteiger partial charge >= 0.3 is 0 Å². The van der Waals surface area contributed by atoms with Crippen molar-refractivity contribution < 1.29 is 14.3 Å². The van der Waals surface area contributed by atoms with Crippen LogP contribution in [0.15, 0.2) is 41.2 Å². The van der Waals surface area contributed by atoms with E-state index in [0.29, 0.717) is 28.1 Å². The number of para-hydroxylation sites is 1. The maximum absolute atomic E-state index is 13.4. The fraction of sp³-hybridized carbons (Fsp3) is 0.500. The number of aromatic nitrogens is 2. The van der Waals surface area contributed by atoms with Crippen molar-refractivity contribution in [2.45, 2.75) is 64.1 Å². The Kier molecular flexibility index (Phi) is 7.89. The normalized spacial score (nSPS) is 20.8. The van der Waals surface area contributed by atoms with Gasteiger partial charge in [-0.1, -0.05) is 23.7 Å². The summed E-state index contributed by atoms with van der Waals surface area (Å²) in [6.07, 6.45) is 4.74. The van der Waals surface area contributed by atoms with Crippen LogP contribution < -0.4 is 10.3 Å². The SMILES string of the molecule is CO[C@@H]1CN(CCCCc2nc3ccccc3c(=O)[nH]2)CC[C@@H]1CC(=O)c1cc(Cl)cc2c1OC(C)(C)C2. The van der Waals surface area contributed by atoms with Crippen LogP contribution in [-0.4, -0.2) is 59.1 Å². The summed E-state index contributed by atoms with van der Waals surface area (Å²) >= 11 is 6.36. The van der Waals surface area contributed by atoms with E-state index in [0.717, 1.165) is 68.6 Å². The van der Waals surface area contributed by atoms with Gasteiger partial charge < -0.3 is 19.4 Å². The van der Waals surface area contributed by atoms with Crippen molar-refractivity contribution in [1.29, 1.82) is 0 Å². The fourth-order valence-electron chi connectivity index (χ4n) is 5.84. The summed E-state index contributed by atoms with van der Waals surface area (Å²) in [4.78, 5) is 35.6. The number of aromatic amines is 1.